The second-order valence-electron chi connectivity index (χ2n) is 12.2. The molecule has 0 unspecified atom stereocenters. The summed E-state index contributed by atoms with van der Waals surface area (Å²) in [5.74, 6) is 0.133. The highest BCUT2D eigenvalue weighted by molar-refractivity contribution is 5.70. The van der Waals surface area contributed by atoms with E-state index >= 15 is 0 Å². The maximum Gasteiger partial charge on any atom is 0.306 e. The molecule has 0 fully saturated rings. The molecule has 0 heterocycles. The van der Waals surface area contributed by atoms with E-state index in [0.717, 1.165) is 57.3 Å². The van der Waals surface area contributed by atoms with E-state index in [9.17, 15) is 19.8 Å². The van der Waals surface area contributed by atoms with Gasteiger partial charge in [0.05, 0.1) is 12.7 Å². The maximum absolute atomic E-state index is 12.1. The van der Waals surface area contributed by atoms with Crippen molar-refractivity contribution >= 4 is 11.9 Å². The molecule has 0 aliphatic rings. The number of carbonyl (C=O) groups is 2. The van der Waals surface area contributed by atoms with Crippen LogP contribution in [0.1, 0.15) is 143 Å². The lowest BCUT2D eigenvalue weighted by Crippen LogP contribution is -2.28. The molecule has 0 radical (unpaired) electrons. The third-order valence-electron chi connectivity index (χ3n) is 7.41. The lowest BCUT2D eigenvalue weighted by Gasteiger charge is -2.15. The summed E-state index contributed by atoms with van der Waals surface area (Å²) >= 11 is 0. The van der Waals surface area contributed by atoms with Crippen LogP contribution in [0.15, 0.2) is 60.8 Å². The van der Waals surface area contributed by atoms with Crippen LogP contribution < -0.4 is 0 Å². The standard InChI is InChI=1S/C39H66O6/c1-4-36(41)30-26-22-18-14-9-7-5-6-8-10-15-19-23-27-31-38(42)44-34-37(33-40)45-39(43)32-28-24-20-16-12-11-13-17-21-25-29-35(2)3/h6-9,15,18-19,22,26,30,35-37,40-41H,4-5,10-14,16-17,20-21,23-25,27-29,31-34H2,1-3H3/b8-6-,9-7-,19-15-,22-18-,30-26+/t36-,37-/m0/s1. The number of aliphatic hydroxyl groups excluding tert-OH is 2. The van der Waals surface area contributed by atoms with Gasteiger partial charge in [-0.2, -0.15) is 0 Å². The minimum Gasteiger partial charge on any atom is -0.462 e. The van der Waals surface area contributed by atoms with Gasteiger partial charge in [0.1, 0.15) is 6.61 Å². The van der Waals surface area contributed by atoms with Gasteiger partial charge in [0.25, 0.3) is 0 Å². The third-order valence-corrected chi connectivity index (χ3v) is 7.41. The number of allylic oxidation sites excluding steroid dienone is 9. The number of esters is 2. The van der Waals surface area contributed by atoms with Gasteiger partial charge in [-0.1, -0.05) is 146 Å². The van der Waals surface area contributed by atoms with Gasteiger partial charge in [-0.05, 0) is 50.9 Å². The highest BCUT2D eigenvalue weighted by Crippen LogP contribution is 2.14. The summed E-state index contributed by atoms with van der Waals surface area (Å²) in [5.41, 5.74) is 0. The Kier molecular flexibility index (Phi) is 31.2. The number of carbonyl (C=O) groups excluding carboxylic acids is 2. The van der Waals surface area contributed by atoms with Crippen LogP contribution in [0.3, 0.4) is 0 Å². The normalized spacial score (nSPS) is 13.7. The molecule has 6 heteroatoms. The maximum atomic E-state index is 12.1. The van der Waals surface area contributed by atoms with E-state index in [1.165, 1.54) is 51.4 Å². The predicted octanol–water partition coefficient (Wildman–Crippen LogP) is 9.66. The van der Waals surface area contributed by atoms with Crippen LogP contribution in [0.25, 0.3) is 0 Å². The minimum atomic E-state index is -0.803. The zero-order valence-electron chi connectivity index (χ0n) is 28.9. The van der Waals surface area contributed by atoms with Crippen LogP contribution >= 0.6 is 0 Å². The first-order chi connectivity index (χ1) is 21.9. The van der Waals surface area contributed by atoms with Crippen molar-refractivity contribution in [3.05, 3.63) is 60.8 Å². The van der Waals surface area contributed by atoms with E-state index in [0.29, 0.717) is 19.3 Å². The van der Waals surface area contributed by atoms with Crippen LogP contribution in [0.4, 0.5) is 0 Å². The van der Waals surface area contributed by atoms with Gasteiger partial charge in [-0.15, -0.1) is 0 Å². The molecule has 0 rings (SSSR count). The second kappa shape index (κ2) is 32.9. The smallest absolute Gasteiger partial charge is 0.306 e. The molecule has 0 aromatic rings. The molecule has 0 aromatic heterocycles. The van der Waals surface area contributed by atoms with Crippen molar-refractivity contribution in [1.82, 2.24) is 0 Å². The molecular weight excluding hydrogens is 564 g/mol. The van der Waals surface area contributed by atoms with E-state index in [1.807, 2.05) is 19.1 Å². The Bertz CT molecular complexity index is 838. The zero-order valence-corrected chi connectivity index (χ0v) is 28.9. The Morgan fingerprint density at radius 1 is 0.667 bits per heavy atom. The first kappa shape index (κ1) is 42.6. The lowest BCUT2D eigenvalue weighted by molar-refractivity contribution is -0.161. The first-order valence-electron chi connectivity index (χ1n) is 17.8. The Hall–Kier alpha value is -2.44. The van der Waals surface area contributed by atoms with Crippen molar-refractivity contribution in [2.45, 2.75) is 155 Å². The van der Waals surface area contributed by atoms with Gasteiger partial charge in [0, 0.05) is 12.8 Å². The van der Waals surface area contributed by atoms with Gasteiger partial charge < -0.3 is 19.7 Å². The fourth-order valence-corrected chi connectivity index (χ4v) is 4.55. The zero-order chi connectivity index (χ0) is 33.2. The molecule has 0 spiro atoms. The summed E-state index contributed by atoms with van der Waals surface area (Å²) < 4.78 is 10.5. The highest BCUT2D eigenvalue weighted by Gasteiger charge is 2.16. The monoisotopic (exact) mass is 630 g/mol. The largest absolute Gasteiger partial charge is 0.462 e. The minimum absolute atomic E-state index is 0.107. The van der Waals surface area contributed by atoms with E-state index in [1.54, 1.807) is 6.08 Å². The van der Waals surface area contributed by atoms with Crippen LogP contribution in [0, 0.1) is 5.92 Å². The lowest BCUT2D eigenvalue weighted by atomic mass is 10.0. The molecule has 6 nitrogen and oxygen atoms in total. The fraction of sp³-hybridized carbons (Fsp3) is 0.692. The second-order valence-corrected chi connectivity index (χ2v) is 12.2. The Morgan fingerprint density at radius 3 is 1.78 bits per heavy atom. The van der Waals surface area contributed by atoms with Crippen LogP contribution in [0.2, 0.25) is 0 Å². The van der Waals surface area contributed by atoms with Crippen LogP contribution in [0.5, 0.6) is 0 Å². The summed E-state index contributed by atoms with van der Waals surface area (Å²) in [6.45, 7) is 6.06. The highest BCUT2D eigenvalue weighted by atomic mass is 16.6. The number of aliphatic hydroxyl groups is 2. The molecule has 2 atom stereocenters. The van der Waals surface area contributed by atoms with E-state index < -0.39 is 6.10 Å². The molecule has 258 valence electrons. The molecule has 0 aliphatic carbocycles. The number of ether oxygens (including phenoxy) is 2. The number of hydrogen-bond acceptors (Lipinski definition) is 6. The van der Waals surface area contributed by atoms with Crippen molar-refractivity contribution < 1.29 is 29.3 Å². The molecular formula is C39H66O6. The van der Waals surface area contributed by atoms with Gasteiger partial charge in [-0.25, -0.2) is 0 Å². The molecule has 0 aromatic carbocycles. The van der Waals surface area contributed by atoms with E-state index in [-0.39, 0.29) is 31.3 Å². The summed E-state index contributed by atoms with van der Waals surface area (Å²) in [4.78, 5) is 24.1. The molecule has 0 amide bonds. The Morgan fingerprint density at radius 2 is 1.20 bits per heavy atom. The van der Waals surface area contributed by atoms with Gasteiger partial charge >= 0.3 is 11.9 Å². The summed E-state index contributed by atoms with van der Waals surface area (Å²) in [7, 11) is 0. The van der Waals surface area contributed by atoms with Crippen molar-refractivity contribution in [2.24, 2.45) is 5.92 Å². The number of unbranched alkanes of at least 4 members (excludes halogenated alkanes) is 10. The Balaban J connectivity index is 3.73. The number of rotatable bonds is 30. The average Bonchev–Trinajstić information content (AvgIpc) is 3.02. The van der Waals surface area contributed by atoms with Crippen LogP contribution in [-0.4, -0.2) is 47.6 Å². The van der Waals surface area contributed by atoms with Gasteiger partial charge in [0.2, 0.25) is 0 Å². The van der Waals surface area contributed by atoms with Gasteiger partial charge in [-0.3, -0.25) is 9.59 Å². The van der Waals surface area contributed by atoms with E-state index in [4.69, 9.17) is 9.47 Å². The van der Waals surface area contributed by atoms with Crippen molar-refractivity contribution in [1.29, 1.82) is 0 Å². The quantitative estimate of drug-likeness (QED) is 0.0355. The molecule has 0 saturated carbocycles. The van der Waals surface area contributed by atoms with Crippen LogP contribution in [-0.2, 0) is 19.1 Å². The van der Waals surface area contributed by atoms with Crippen molar-refractivity contribution in [3.8, 4) is 0 Å². The molecule has 0 bridgehead atoms. The van der Waals surface area contributed by atoms with E-state index in [2.05, 4.69) is 56.4 Å². The third kappa shape index (κ3) is 32.8. The fourth-order valence-electron chi connectivity index (χ4n) is 4.55. The summed E-state index contributed by atoms with van der Waals surface area (Å²) in [6, 6.07) is 0. The molecule has 45 heavy (non-hydrogen) atoms. The van der Waals surface area contributed by atoms with Crippen molar-refractivity contribution in [3.63, 3.8) is 0 Å². The molecule has 0 saturated heterocycles. The van der Waals surface area contributed by atoms with Gasteiger partial charge in [0.15, 0.2) is 6.10 Å². The summed E-state index contributed by atoms with van der Waals surface area (Å²) in [5, 5.41) is 18.9. The topological polar surface area (TPSA) is 93.1 Å². The number of hydrogen-bond donors (Lipinski definition) is 2. The summed E-state index contributed by atoms with van der Waals surface area (Å²) in [6.07, 6.45) is 38.0. The average molecular weight is 631 g/mol. The predicted molar refractivity (Wildman–Crippen MR) is 188 cm³/mol. The Labute approximate surface area is 275 Å². The molecule has 0 aliphatic heterocycles. The molecule has 2 N–H and O–H groups in total. The van der Waals surface area contributed by atoms with Crippen molar-refractivity contribution in [2.75, 3.05) is 13.2 Å². The first-order valence-corrected chi connectivity index (χ1v) is 17.8. The SMILES string of the molecule is CC[C@H](O)/C=C/C=C\C/C=C\C/C=C\C/C=C\CCCC(=O)OC[C@H](CO)OC(=O)CCCCCCCCCCCCC(C)C.